The van der Waals surface area contributed by atoms with Crippen molar-refractivity contribution in [2.75, 3.05) is 26.3 Å². The first kappa shape index (κ1) is 20.3. The molecular weight excluding hydrogens is 394 g/mol. The predicted octanol–water partition coefficient (Wildman–Crippen LogP) is 1.65. The van der Waals surface area contributed by atoms with E-state index in [1.54, 1.807) is 29.2 Å². The minimum absolute atomic E-state index is 0.0672. The Bertz CT molecular complexity index is 898. The van der Waals surface area contributed by atoms with E-state index in [0.717, 1.165) is 12.8 Å². The molecule has 3 aliphatic rings. The van der Waals surface area contributed by atoms with Gasteiger partial charge in [-0.2, -0.15) is 0 Å². The predicted molar refractivity (Wildman–Crippen MR) is 107 cm³/mol. The summed E-state index contributed by atoms with van der Waals surface area (Å²) in [5.74, 6) is -0.352. The lowest BCUT2D eigenvalue weighted by molar-refractivity contribution is -0.187. The number of aliphatic imine (C=N–C) groups is 1. The van der Waals surface area contributed by atoms with Crippen LogP contribution < -0.4 is 4.72 Å². The zero-order valence-corrected chi connectivity index (χ0v) is 17.4. The zero-order valence-electron chi connectivity index (χ0n) is 16.6. The van der Waals surface area contributed by atoms with Gasteiger partial charge in [-0.05, 0) is 18.6 Å². The molecule has 158 valence electrons. The van der Waals surface area contributed by atoms with E-state index in [-0.39, 0.29) is 16.6 Å². The topological polar surface area (TPSA) is 97.3 Å². The van der Waals surface area contributed by atoms with E-state index in [1.807, 2.05) is 0 Å². The Hall–Kier alpha value is -1.97. The van der Waals surface area contributed by atoms with Gasteiger partial charge in [-0.3, -0.25) is 14.5 Å². The highest BCUT2D eigenvalue weighted by atomic mass is 32.2. The molecule has 1 amide bonds. The summed E-state index contributed by atoms with van der Waals surface area (Å²) >= 11 is 0. The van der Waals surface area contributed by atoms with Crippen molar-refractivity contribution in [2.24, 2.45) is 4.99 Å². The van der Waals surface area contributed by atoms with Gasteiger partial charge in [0.15, 0.2) is 5.79 Å². The van der Waals surface area contributed by atoms with Crippen LogP contribution in [0.15, 0.2) is 34.2 Å². The summed E-state index contributed by atoms with van der Waals surface area (Å²) < 4.78 is 38.7. The number of hydrogen-bond acceptors (Lipinski definition) is 6. The van der Waals surface area contributed by atoms with Crippen molar-refractivity contribution < 1.29 is 22.7 Å². The first-order valence-corrected chi connectivity index (χ1v) is 11.7. The molecule has 1 N–H and O–H groups in total. The average molecular weight is 422 g/mol. The molecule has 1 atom stereocenters. The molecule has 8 nitrogen and oxygen atoms in total. The molecule has 0 radical (unpaired) electrons. The lowest BCUT2D eigenvalue weighted by Gasteiger charge is -2.38. The number of fused-ring (bicyclic) bond motifs is 1. The maximum Gasteiger partial charge on any atom is 0.263 e. The minimum atomic E-state index is -3.63. The normalized spacial score (nSPS) is 24.4. The third-order valence-corrected chi connectivity index (χ3v) is 7.11. The van der Waals surface area contributed by atoms with Crippen LogP contribution in [0.4, 0.5) is 0 Å². The van der Waals surface area contributed by atoms with Gasteiger partial charge < -0.3 is 14.4 Å². The second kappa shape index (κ2) is 8.04. The highest BCUT2D eigenvalue weighted by molar-refractivity contribution is 7.90. The Kier molecular flexibility index (Phi) is 5.63. The van der Waals surface area contributed by atoms with E-state index in [1.165, 1.54) is 0 Å². The number of piperidine rings is 1. The van der Waals surface area contributed by atoms with Crippen molar-refractivity contribution in [2.45, 2.75) is 55.8 Å². The second-order valence-corrected chi connectivity index (χ2v) is 9.32. The van der Waals surface area contributed by atoms with E-state index in [2.05, 4.69) is 16.6 Å². The van der Waals surface area contributed by atoms with Gasteiger partial charge in [0, 0.05) is 31.5 Å². The number of amides is 1. The van der Waals surface area contributed by atoms with Crippen LogP contribution in [0.1, 0.15) is 44.6 Å². The number of nitrogens with zero attached hydrogens (tertiary/aromatic N) is 2. The summed E-state index contributed by atoms with van der Waals surface area (Å²) in [6.07, 6.45) is 3.64. The van der Waals surface area contributed by atoms with Crippen LogP contribution in [0, 0.1) is 0 Å². The van der Waals surface area contributed by atoms with Crippen molar-refractivity contribution in [1.29, 1.82) is 0 Å². The fourth-order valence-electron chi connectivity index (χ4n) is 4.09. The number of rotatable bonds is 5. The highest BCUT2D eigenvalue weighted by Crippen LogP contribution is 2.32. The molecule has 0 aromatic heterocycles. The number of sulfonamides is 1. The first-order chi connectivity index (χ1) is 13.9. The van der Waals surface area contributed by atoms with Crippen LogP contribution in [0.25, 0.3) is 0 Å². The molecular formula is C20H27N3O5S. The monoisotopic (exact) mass is 421 g/mol. The fourth-order valence-corrected chi connectivity index (χ4v) is 5.33. The van der Waals surface area contributed by atoms with Crippen LogP contribution in [-0.2, 0) is 24.3 Å². The molecule has 0 saturated carbocycles. The number of unbranched alkanes of at least 4 members (excludes halogenated alkanes) is 1. The maximum atomic E-state index is 13.2. The number of benzene rings is 1. The van der Waals surface area contributed by atoms with E-state index in [4.69, 9.17) is 9.47 Å². The van der Waals surface area contributed by atoms with Crippen molar-refractivity contribution in [3.05, 3.63) is 29.8 Å². The molecule has 1 spiro atoms. The van der Waals surface area contributed by atoms with Gasteiger partial charge in [-0.1, -0.05) is 31.9 Å². The Labute approximate surface area is 171 Å². The number of ether oxygens (including phenoxy) is 2. The SMILES string of the molecule is CCCCC(N=C1NS(=O)(=O)c2ccccc21)C(=O)N1CCC2(CC1)OCCO2. The third-order valence-electron chi connectivity index (χ3n) is 5.71. The van der Waals surface area contributed by atoms with E-state index in [0.29, 0.717) is 51.1 Å². The summed E-state index contributed by atoms with van der Waals surface area (Å²) in [5.41, 5.74) is 0.521. The smallest absolute Gasteiger partial charge is 0.263 e. The molecule has 3 heterocycles. The summed E-state index contributed by atoms with van der Waals surface area (Å²) in [6.45, 7) is 4.35. The molecule has 1 aromatic rings. The zero-order chi connectivity index (χ0) is 20.5. The van der Waals surface area contributed by atoms with Gasteiger partial charge in [-0.25, -0.2) is 8.42 Å². The van der Waals surface area contributed by atoms with E-state index >= 15 is 0 Å². The quantitative estimate of drug-likeness (QED) is 0.780. The van der Waals surface area contributed by atoms with Gasteiger partial charge in [0.25, 0.3) is 10.0 Å². The maximum absolute atomic E-state index is 13.2. The number of nitrogens with one attached hydrogen (secondary N) is 1. The van der Waals surface area contributed by atoms with E-state index < -0.39 is 21.9 Å². The lowest BCUT2D eigenvalue weighted by atomic mass is 10.0. The van der Waals surface area contributed by atoms with Crippen molar-refractivity contribution in [1.82, 2.24) is 9.62 Å². The Morgan fingerprint density at radius 2 is 1.93 bits per heavy atom. The van der Waals surface area contributed by atoms with E-state index in [9.17, 15) is 13.2 Å². The molecule has 29 heavy (non-hydrogen) atoms. The molecule has 4 rings (SSSR count). The number of hydrogen-bond donors (Lipinski definition) is 1. The number of amidine groups is 1. The van der Waals surface area contributed by atoms with Gasteiger partial charge in [-0.15, -0.1) is 0 Å². The molecule has 2 saturated heterocycles. The summed E-state index contributed by atoms with van der Waals surface area (Å²) in [7, 11) is -3.63. The largest absolute Gasteiger partial charge is 0.347 e. The third kappa shape index (κ3) is 4.04. The Balaban J connectivity index is 1.54. The first-order valence-electron chi connectivity index (χ1n) is 10.2. The standard InChI is InChI=1S/C20H27N3O5S/c1-2-3-7-16(19(24)23-11-9-20(10-12-23)27-13-14-28-20)21-18-15-6-4-5-8-17(15)29(25,26)22-18/h4-6,8,16H,2-3,7,9-14H2,1H3,(H,21,22). The fraction of sp³-hybridized carbons (Fsp3) is 0.600. The number of carbonyl (C=O) groups excluding carboxylic acids is 1. The van der Waals surface area contributed by atoms with Crippen LogP contribution in [0.2, 0.25) is 0 Å². The molecule has 3 aliphatic heterocycles. The summed E-state index contributed by atoms with van der Waals surface area (Å²) in [6, 6.07) is 6.10. The Morgan fingerprint density at radius 1 is 1.24 bits per heavy atom. The van der Waals surface area contributed by atoms with Crippen molar-refractivity contribution >= 4 is 21.8 Å². The van der Waals surface area contributed by atoms with Gasteiger partial charge in [0.1, 0.15) is 11.9 Å². The molecule has 9 heteroatoms. The van der Waals surface area contributed by atoms with Crippen LogP contribution >= 0.6 is 0 Å². The van der Waals surface area contributed by atoms with Gasteiger partial charge in [0.05, 0.1) is 18.1 Å². The van der Waals surface area contributed by atoms with Crippen LogP contribution in [0.5, 0.6) is 0 Å². The lowest BCUT2D eigenvalue weighted by Crippen LogP contribution is -2.50. The highest BCUT2D eigenvalue weighted by Gasteiger charge is 2.42. The van der Waals surface area contributed by atoms with Crippen LogP contribution in [0.3, 0.4) is 0 Å². The summed E-state index contributed by atoms with van der Waals surface area (Å²) in [5, 5.41) is 0. The number of carbonyl (C=O) groups is 1. The molecule has 0 aliphatic carbocycles. The van der Waals surface area contributed by atoms with Crippen LogP contribution in [-0.4, -0.2) is 63.2 Å². The molecule has 2 fully saturated rings. The minimum Gasteiger partial charge on any atom is -0.347 e. The number of likely N-dealkylation sites (tertiary alicyclic amines) is 1. The average Bonchev–Trinajstić information content (AvgIpc) is 3.28. The van der Waals surface area contributed by atoms with Gasteiger partial charge in [0.2, 0.25) is 5.91 Å². The van der Waals surface area contributed by atoms with Gasteiger partial charge >= 0.3 is 0 Å². The summed E-state index contributed by atoms with van der Waals surface area (Å²) in [4.78, 5) is 19.8. The van der Waals surface area contributed by atoms with Crippen molar-refractivity contribution in [3.63, 3.8) is 0 Å². The molecule has 1 aromatic carbocycles. The molecule has 1 unspecified atom stereocenters. The van der Waals surface area contributed by atoms with Crippen molar-refractivity contribution in [3.8, 4) is 0 Å². The molecule has 0 bridgehead atoms. The Morgan fingerprint density at radius 3 is 2.62 bits per heavy atom. The second-order valence-electron chi connectivity index (χ2n) is 7.67.